The lowest BCUT2D eigenvalue weighted by Gasteiger charge is -2.34. The van der Waals surface area contributed by atoms with Gasteiger partial charge in [-0.05, 0) is 39.0 Å². The second-order valence-corrected chi connectivity index (χ2v) is 8.73. The minimum absolute atomic E-state index is 0.00985. The van der Waals surface area contributed by atoms with Crippen LogP contribution >= 0.6 is 11.3 Å². The van der Waals surface area contributed by atoms with E-state index in [4.69, 9.17) is 4.98 Å². The third-order valence-corrected chi connectivity index (χ3v) is 5.93. The van der Waals surface area contributed by atoms with Crippen molar-refractivity contribution < 1.29 is 4.79 Å². The summed E-state index contributed by atoms with van der Waals surface area (Å²) in [6, 6.07) is 10.1. The molecule has 3 heterocycles. The van der Waals surface area contributed by atoms with Crippen molar-refractivity contribution in [3.63, 3.8) is 0 Å². The molecule has 0 atom stereocenters. The normalized spacial score (nSPS) is 15.7. The Labute approximate surface area is 157 Å². The van der Waals surface area contributed by atoms with Crippen molar-refractivity contribution in [2.45, 2.75) is 26.3 Å². The molecular formula is C20H24N4OS. The molecule has 1 aromatic carbocycles. The highest BCUT2D eigenvalue weighted by atomic mass is 32.1. The van der Waals surface area contributed by atoms with Crippen LogP contribution in [0.2, 0.25) is 0 Å². The fourth-order valence-electron chi connectivity index (χ4n) is 3.22. The van der Waals surface area contributed by atoms with E-state index in [0.717, 1.165) is 42.4 Å². The highest BCUT2D eigenvalue weighted by Gasteiger charge is 2.25. The van der Waals surface area contributed by atoms with Gasteiger partial charge in [-0.15, -0.1) is 0 Å². The van der Waals surface area contributed by atoms with E-state index in [1.54, 1.807) is 11.3 Å². The van der Waals surface area contributed by atoms with Gasteiger partial charge in [-0.1, -0.05) is 23.5 Å². The van der Waals surface area contributed by atoms with Crippen LogP contribution in [0.1, 0.15) is 31.1 Å². The summed E-state index contributed by atoms with van der Waals surface area (Å²) in [5.41, 5.74) is 1.81. The molecule has 26 heavy (non-hydrogen) atoms. The number of carbonyl (C=O) groups excluding carboxylic acids is 1. The topological polar surface area (TPSA) is 41.4 Å². The number of thiazole rings is 1. The predicted octanol–water partition coefficient (Wildman–Crippen LogP) is 3.82. The molecular weight excluding hydrogens is 344 g/mol. The first-order valence-electron chi connectivity index (χ1n) is 9.00. The molecule has 0 unspecified atom stereocenters. The summed E-state index contributed by atoms with van der Waals surface area (Å²) < 4.78 is 3.31. The summed E-state index contributed by atoms with van der Waals surface area (Å²) in [6.07, 6.45) is 3.95. The van der Waals surface area contributed by atoms with Crippen LogP contribution in [-0.4, -0.2) is 46.5 Å². The van der Waals surface area contributed by atoms with Crippen molar-refractivity contribution in [2.75, 3.05) is 31.1 Å². The molecule has 4 rings (SSSR count). The molecule has 136 valence electrons. The number of carbonyl (C=O) groups is 1. The molecule has 3 aromatic rings. The Hall–Kier alpha value is -2.34. The van der Waals surface area contributed by atoms with Gasteiger partial charge >= 0.3 is 0 Å². The van der Waals surface area contributed by atoms with Crippen LogP contribution in [0.25, 0.3) is 10.2 Å². The largest absolute Gasteiger partial charge is 0.348 e. The maximum Gasteiger partial charge on any atom is 0.255 e. The number of hydrogen-bond acceptors (Lipinski definition) is 4. The maximum absolute atomic E-state index is 12.8. The van der Waals surface area contributed by atoms with E-state index in [2.05, 4.69) is 42.4 Å². The van der Waals surface area contributed by atoms with E-state index < -0.39 is 0 Å². The van der Waals surface area contributed by atoms with Crippen LogP contribution in [0.4, 0.5) is 5.13 Å². The molecule has 1 amide bonds. The molecule has 0 N–H and O–H groups in total. The Balaban J connectivity index is 1.43. The number of rotatable bonds is 2. The summed E-state index contributed by atoms with van der Waals surface area (Å²) in [7, 11) is 0. The Morgan fingerprint density at radius 3 is 2.46 bits per heavy atom. The van der Waals surface area contributed by atoms with Crippen LogP contribution < -0.4 is 4.90 Å². The number of aromatic nitrogens is 2. The number of anilines is 1. The molecule has 1 saturated heterocycles. The smallest absolute Gasteiger partial charge is 0.255 e. The first kappa shape index (κ1) is 17.1. The number of piperazine rings is 1. The summed E-state index contributed by atoms with van der Waals surface area (Å²) in [6.45, 7) is 9.52. The number of fused-ring (bicyclic) bond motifs is 1. The summed E-state index contributed by atoms with van der Waals surface area (Å²) in [5, 5.41) is 1.05. The van der Waals surface area contributed by atoms with Crippen molar-refractivity contribution in [2.24, 2.45) is 0 Å². The number of benzene rings is 1. The van der Waals surface area contributed by atoms with Gasteiger partial charge in [0.05, 0.1) is 15.8 Å². The number of amides is 1. The molecule has 0 bridgehead atoms. The van der Waals surface area contributed by atoms with Crippen LogP contribution in [0.3, 0.4) is 0 Å². The van der Waals surface area contributed by atoms with Crippen molar-refractivity contribution in [1.29, 1.82) is 0 Å². The van der Waals surface area contributed by atoms with E-state index in [0.29, 0.717) is 0 Å². The standard InChI is InChI=1S/C20H24N4OS/c1-20(2,3)24-9-8-15(14-24)18(25)22-10-12-23(13-11-22)19-21-16-6-4-5-7-17(16)26-19/h4-9,14H,10-13H2,1-3H3. The predicted molar refractivity (Wildman–Crippen MR) is 107 cm³/mol. The van der Waals surface area contributed by atoms with E-state index in [-0.39, 0.29) is 11.4 Å². The zero-order valence-electron chi connectivity index (χ0n) is 15.5. The Bertz CT molecular complexity index is 896. The van der Waals surface area contributed by atoms with Gasteiger partial charge in [0, 0.05) is 44.1 Å². The summed E-state index contributed by atoms with van der Waals surface area (Å²) in [4.78, 5) is 21.8. The van der Waals surface area contributed by atoms with Crippen molar-refractivity contribution >= 4 is 32.6 Å². The third-order valence-electron chi connectivity index (χ3n) is 4.83. The first-order valence-corrected chi connectivity index (χ1v) is 9.82. The molecule has 0 spiro atoms. The molecule has 6 heteroatoms. The van der Waals surface area contributed by atoms with Crippen LogP contribution in [0.15, 0.2) is 42.7 Å². The van der Waals surface area contributed by atoms with Gasteiger partial charge < -0.3 is 14.4 Å². The molecule has 1 aliphatic heterocycles. The fraction of sp³-hybridized carbons (Fsp3) is 0.400. The Morgan fingerprint density at radius 1 is 1.08 bits per heavy atom. The van der Waals surface area contributed by atoms with Gasteiger partial charge in [0.25, 0.3) is 5.91 Å². The molecule has 5 nitrogen and oxygen atoms in total. The molecule has 1 aliphatic rings. The van der Waals surface area contributed by atoms with Gasteiger partial charge in [-0.2, -0.15) is 0 Å². The SMILES string of the molecule is CC(C)(C)n1ccc(C(=O)N2CCN(c3nc4ccccc4s3)CC2)c1. The average molecular weight is 369 g/mol. The molecule has 0 saturated carbocycles. The van der Waals surface area contributed by atoms with Gasteiger partial charge in [-0.3, -0.25) is 4.79 Å². The number of nitrogens with zero attached hydrogens (tertiary/aromatic N) is 4. The average Bonchev–Trinajstić information content (AvgIpc) is 3.28. The lowest BCUT2D eigenvalue weighted by molar-refractivity contribution is 0.0746. The molecule has 0 radical (unpaired) electrons. The van der Waals surface area contributed by atoms with E-state index in [1.165, 1.54) is 4.70 Å². The van der Waals surface area contributed by atoms with Crippen molar-refractivity contribution in [3.05, 3.63) is 48.3 Å². The maximum atomic E-state index is 12.8. The quantitative estimate of drug-likeness (QED) is 0.691. The monoisotopic (exact) mass is 368 g/mol. The molecule has 0 aliphatic carbocycles. The number of hydrogen-bond donors (Lipinski definition) is 0. The number of para-hydroxylation sites is 1. The minimum atomic E-state index is -0.00985. The Kier molecular flexibility index (Phi) is 4.23. The lowest BCUT2D eigenvalue weighted by atomic mass is 10.1. The van der Waals surface area contributed by atoms with Gasteiger partial charge in [0.1, 0.15) is 0 Å². The second kappa shape index (κ2) is 6.43. The van der Waals surface area contributed by atoms with Crippen molar-refractivity contribution in [1.82, 2.24) is 14.5 Å². The zero-order valence-corrected chi connectivity index (χ0v) is 16.3. The highest BCUT2D eigenvalue weighted by Crippen LogP contribution is 2.29. The Morgan fingerprint density at radius 2 is 1.81 bits per heavy atom. The van der Waals surface area contributed by atoms with E-state index in [9.17, 15) is 4.79 Å². The molecule has 1 fully saturated rings. The third kappa shape index (κ3) is 3.21. The van der Waals surface area contributed by atoms with E-state index >= 15 is 0 Å². The van der Waals surface area contributed by atoms with Crippen LogP contribution in [-0.2, 0) is 5.54 Å². The van der Waals surface area contributed by atoms with Crippen molar-refractivity contribution in [3.8, 4) is 0 Å². The summed E-state index contributed by atoms with van der Waals surface area (Å²) >= 11 is 1.72. The second-order valence-electron chi connectivity index (χ2n) is 7.72. The van der Waals surface area contributed by atoms with Gasteiger partial charge in [0.2, 0.25) is 0 Å². The minimum Gasteiger partial charge on any atom is -0.348 e. The van der Waals surface area contributed by atoms with Crippen LogP contribution in [0, 0.1) is 0 Å². The lowest BCUT2D eigenvalue weighted by Crippen LogP contribution is -2.48. The van der Waals surface area contributed by atoms with Crippen LogP contribution in [0.5, 0.6) is 0 Å². The zero-order chi connectivity index (χ0) is 18.3. The van der Waals surface area contributed by atoms with Gasteiger partial charge in [0.15, 0.2) is 5.13 Å². The van der Waals surface area contributed by atoms with Gasteiger partial charge in [-0.25, -0.2) is 4.98 Å². The van der Waals surface area contributed by atoms with E-state index in [1.807, 2.05) is 35.5 Å². The molecule has 2 aromatic heterocycles. The highest BCUT2D eigenvalue weighted by molar-refractivity contribution is 7.22. The first-order chi connectivity index (χ1) is 12.4. The fourth-order valence-corrected chi connectivity index (χ4v) is 4.24. The summed E-state index contributed by atoms with van der Waals surface area (Å²) in [5.74, 6) is 0.122.